The van der Waals surface area contributed by atoms with Crippen molar-refractivity contribution in [2.75, 3.05) is 30.9 Å². The van der Waals surface area contributed by atoms with E-state index in [1.54, 1.807) is 30.8 Å². The first-order chi connectivity index (χ1) is 13.5. The number of anilines is 1. The second-order valence-corrected chi connectivity index (χ2v) is 6.99. The lowest BCUT2D eigenvalue weighted by molar-refractivity contribution is 0.127. The lowest BCUT2D eigenvalue weighted by Crippen LogP contribution is -2.35. The van der Waals surface area contributed by atoms with Gasteiger partial charge < -0.3 is 14.8 Å². The molecule has 0 bridgehead atoms. The zero-order valence-corrected chi connectivity index (χ0v) is 16.4. The Kier molecular flexibility index (Phi) is 6.41. The number of ether oxygens (including phenoxy) is 2. The fourth-order valence-electron chi connectivity index (χ4n) is 2.89. The molecule has 0 unspecified atom stereocenters. The van der Waals surface area contributed by atoms with Gasteiger partial charge in [-0.15, -0.1) is 11.8 Å². The molecule has 2 amide bonds. The van der Waals surface area contributed by atoms with Gasteiger partial charge in [-0.3, -0.25) is 4.90 Å². The number of alkyl carbamates (subject to hydrolysis) is 1. The number of cyclic esters (lactones) is 1. The van der Waals surface area contributed by atoms with Gasteiger partial charge in [-0.2, -0.15) is 0 Å². The quantitative estimate of drug-likeness (QED) is 0.728. The van der Waals surface area contributed by atoms with Gasteiger partial charge in [0, 0.05) is 10.5 Å². The molecule has 28 heavy (non-hydrogen) atoms. The van der Waals surface area contributed by atoms with Crippen molar-refractivity contribution in [3.05, 3.63) is 48.3 Å². The summed E-state index contributed by atoms with van der Waals surface area (Å²) >= 11 is 1.62. The molecular weight excluding hydrogens is 383 g/mol. The first-order valence-corrected chi connectivity index (χ1v) is 10.1. The molecule has 0 aromatic heterocycles. The van der Waals surface area contributed by atoms with Crippen molar-refractivity contribution in [2.24, 2.45) is 0 Å². The summed E-state index contributed by atoms with van der Waals surface area (Å²) in [5.74, 6) is -0.421. The van der Waals surface area contributed by atoms with Gasteiger partial charge in [-0.1, -0.05) is 12.1 Å². The van der Waals surface area contributed by atoms with Gasteiger partial charge in [-0.05, 0) is 49.1 Å². The van der Waals surface area contributed by atoms with Crippen molar-refractivity contribution in [3.63, 3.8) is 0 Å². The Morgan fingerprint density at radius 2 is 2.07 bits per heavy atom. The van der Waals surface area contributed by atoms with E-state index in [0.717, 1.165) is 10.5 Å². The molecule has 0 aliphatic carbocycles. The number of thioether (sulfide) groups is 1. The van der Waals surface area contributed by atoms with Gasteiger partial charge in [0.1, 0.15) is 11.9 Å². The Hall–Kier alpha value is -2.74. The summed E-state index contributed by atoms with van der Waals surface area (Å²) in [5.41, 5.74) is 1.64. The van der Waals surface area contributed by atoms with Crippen LogP contribution in [0.3, 0.4) is 0 Å². The Morgan fingerprint density at radius 3 is 2.71 bits per heavy atom. The Labute approximate surface area is 167 Å². The maximum Gasteiger partial charge on any atom is 0.414 e. The van der Waals surface area contributed by atoms with Crippen LogP contribution < -0.4 is 10.2 Å². The molecule has 1 N–H and O–H groups in total. The number of nitrogens with one attached hydrogen (secondary N) is 1. The molecule has 0 spiro atoms. The molecule has 6 nitrogen and oxygen atoms in total. The minimum absolute atomic E-state index is 0.128. The predicted molar refractivity (Wildman–Crippen MR) is 106 cm³/mol. The normalized spacial score (nSPS) is 16.0. The topological polar surface area (TPSA) is 67.9 Å². The average Bonchev–Trinajstić information content (AvgIpc) is 3.07. The molecule has 1 atom stereocenters. The lowest BCUT2D eigenvalue weighted by Gasteiger charge is -2.14. The summed E-state index contributed by atoms with van der Waals surface area (Å²) in [7, 11) is 0. The first kappa shape index (κ1) is 20.0. The van der Waals surface area contributed by atoms with Gasteiger partial charge in [-0.25, -0.2) is 14.0 Å². The maximum atomic E-state index is 14.7. The highest BCUT2D eigenvalue weighted by molar-refractivity contribution is 7.98. The largest absolute Gasteiger partial charge is 0.450 e. The van der Waals surface area contributed by atoms with Crippen molar-refractivity contribution < 1.29 is 23.5 Å². The highest BCUT2D eigenvalue weighted by Gasteiger charge is 2.33. The minimum Gasteiger partial charge on any atom is -0.450 e. The maximum absolute atomic E-state index is 14.7. The average molecular weight is 404 g/mol. The molecule has 0 radical (unpaired) electrons. The van der Waals surface area contributed by atoms with Gasteiger partial charge in [0.15, 0.2) is 0 Å². The van der Waals surface area contributed by atoms with Crippen LogP contribution in [-0.2, 0) is 9.47 Å². The minimum atomic E-state index is -0.577. The third-order valence-electron chi connectivity index (χ3n) is 4.29. The Bertz CT molecular complexity index is 860. The van der Waals surface area contributed by atoms with Crippen molar-refractivity contribution in [1.29, 1.82) is 0 Å². The van der Waals surface area contributed by atoms with Gasteiger partial charge >= 0.3 is 12.2 Å². The SMILES string of the molecule is CCOC(=O)NC[C@H]1CN(c2ccc(-c3ccc(SC)cc3)c(F)c2)C(=O)O1. The standard InChI is InChI=1S/C20H21FN2O4S/c1-3-26-19(24)22-11-15-12-23(20(25)27-15)14-6-9-17(18(21)10-14)13-4-7-16(28-2)8-5-13/h4-10,15H,3,11-12H2,1-2H3,(H,22,24)/t15-/m0/s1. The molecule has 2 aromatic rings. The molecular formula is C20H21FN2O4S. The van der Waals surface area contributed by atoms with Crippen molar-refractivity contribution in [3.8, 4) is 11.1 Å². The summed E-state index contributed by atoms with van der Waals surface area (Å²) in [6.07, 6.45) is 0.306. The predicted octanol–water partition coefficient (Wildman–Crippen LogP) is 4.29. The van der Waals surface area contributed by atoms with Gasteiger partial charge in [0.05, 0.1) is 25.4 Å². The molecule has 0 saturated carbocycles. The Morgan fingerprint density at radius 1 is 1.32 bits per heavy atom. The fourth-order valence-corrected chi connectivity index (χ4v) is 3.30. The van der Waals surface area contributed by atoms with E-state index >= 15 is 0 Å². The Balaban J connectivity index is 1.69. The first-order valence-electron chi connectivity index (χ1n) is 8.84. The van der Waals surface area contributed by atoms with Crippen LogP contribution in [0.1, 0.15) is 6.92 Å². The molecule has 8 heteroatoms. The van der Waals surface area contributed by atoms with Crippen LogP contribution in [0.15, 0.2) is 47.4 Å². The third kappa shape index (κ3) is 4.56. The molecule has 1 heterocycles. The van der Waals surface area contributed by atoms with E-state index in [2.05, 4.69) is 5.32 Å². The number of nitrogens with zero attached hydrogens (tertiary/aromatic N) is 1. The van der Waals surface area contributed by atoms with E-state index in [-0.39, 0.29) is 19.7 Å². The monoisotopic (exact) mass is 404 g/mol. The molecule has 1 aliphatic heterocycles. The van der Waals surface area contributed by atoms with Crippen LogP contribution in [0, 0.1) is 5.82 Å². The molecule has 1 saturated heterocycles. The van der Waals surface area contributed by atoms with E-state index in [9.17, 15) is 14.0 Å². The third-order valence-corrected chi connectivity index (χ3v) is 5.03. The molecule has 148 valence electrons. The zero-order chi connectivity index (χ0) is 20.1. The van der Waals surface area contributed by atoms with Crippen molar-refractivity contribution in [2.45, 2.75) is 17.9 Å². The van der Waals surface area contributed by atoms with E-state index in [4.69, 9.17) is 9.47 Å². The molecule has 1 aliphatic rings. The molecule has 3 rings (SSSR count). The van der Waals surface area contributed by atoms with Crippen LogP contribution in [-0.4, -0.2) is 44.2 Å². The van der Waals surface area contributed by atoms with Crippen LogP contribution >= 0.6 is 11.8 Å². The second-order valence-electron chi connectivity index (χ2n) is 6.11. The van der Waals surface area contributed by atoms with E-state index < -0.39 is 24.1 Å². The smallest absolute Gasteiger partial charge is 0.414 e. The zero-order valence-electron chi connectivity index (χ0n) is 15.6. The van der Waals surface area contributed by atoms with E-state index in [1.807, 2.05) is 30.5 Å². The number of rotatable bonds is 6. The van der Waals surface area contributed by atoms with E-state index in [0.29, 0.717) is 11.3 Å². The number of hydrogen-bond donors (Lipinski definition) is 1. The van der Waals surface area contributed by atoms with E-state index in [1.165, 1.54) is 11.0 Å². The van der Waals surface area contributed by atoms with Gasteiger partial charge in [0.2, 0.25) is 0 Å². The summed E-state index contributed by atoms with van der Waals surface area (Å²) < 4.78 is 24.7. The number of carbonyl (C=O) groups is 2. The van der Waals surface area contributed by atoms with Crippen LogP contribution in [0.5, 0.6) is 0 Å². The summed E-state index contributed by atoms with van der Waals surface area (Å²) in [5, 5.41) is 2.53. The summed E-state index contributed by atoms with van der Waals surface area (Å²) in [6.45, 7) is 2.30. The van der Waals surface area contributed by atoms with Crippen molar-refractivity contribution in [1.82, 2.24) is 5.32 Å². The number of halogens is 1. The van der Waals surface area contributed by atoms with Crippen LogP contribution in [0.2, 0.25) is 0 Å². The molecule has 2 aromatic carbocycles. The summed E-state index contributed by atoms with van der Waals surface area (Å²) in [6, 6.07) is 12.3. The highest BCUT2D eigenvalue weighted by atomic mass is 32.2. The number of benzene rings is 2. The highest BCUT2D eigenvalue weighted by Crippen LogP contribution is 2.30. The summed E-state index contributed by atoms with van der Waals surface area (Å²) in [4.78, 5) is 25.9. The van der Waals surface area contributed by atoms with Gasteiger partial charge in [0.25, 0.3) is 0 Å². The number of hydrogen-bond acceptors (Lipinski definition) is 5. The fraction of sp³-hybridized carbons (Fsp3) is 0.300. The number of carbonyl (C=O) groups excluding carboxylic acids is 2. The second kappa shape index (κ2) is 8.97. The van der Waals surface area contributed by atoms with Crippen molar-refractivity contribution >= 4 is 29.6 Å². The van der Waals surface area contributed by atoms with Crippen LogP contribution in [0.25, 0.3) is 11.1 Å². The number of amides is 2. The lowest BCUT2D eigenvalue weighted by atomic mass is 10.0. The molecule has 1 fully saturated rings. The van der Waals surface area contributed by atoms with Crippen LogP contribution in [0.4, 0.5) is 19.7 Å².